The molecular weight excluding hydrogens is 190 g/mol. The zero-order chi connectivity index (χ0) is 10.7. The first-order valence-electron chi connectivity index (χ1n) is 5.36. The van der Waals surface area contributed by atoms with E-state index in [-0.39, 0.29) is 0 Å². The van der Waals surface area contributed by atoms with Crippen LogP contribution in [0.1, 0.15) is 31.4 Å². The second-order valence-corrected chi connectivity index (χ2v) is 4.29. The van der Waals surface area contributed by atoms with Crippen molar-refractivity contribution in [1.29, 1.82) is 0 Å². The molecule has 0 aliphatic heterocycles. The fourth-order valence-electron chi connectivity index (χ4n) is 2.37. The monoisotopic (exact) mass is 205 g/mol. The second kappa shape index (κ2) is 4.01. The van der Waals surface area contributed by atoms with E-state index < -0.39 is 11.4 Å². The topological polar surface area (TPSA) is 50.2 Å². The molecule has 15 heavy (non-hydrogen) atoms. The Labute approximate surface area is 89.2 Å². The van der Waals surface area contributed by atoms with Crippen LogP contribution in [0.25, 0.3) is 0 Å². The average molecular weight is 205 g/mol. The van der Waals surface area contributed by atoms with Crippen molar-refractivity contribution in [2.24, 2.45) is 5.41 Å². The minimum atomic E-state index is -0.661. The number of carboxylic acid groups (broad SMARTS) is 1. The number of nitrogens with zero attached hydrogens (tertiary/aromatic N) is 1. The number of pyridine rings is 1. The summed E-state index contributed by atoms with van der Waals surface area (Å²) < 4.78 is 0. The summed E-state index contributed by atoms with van der Waals surface area (Å²) in [6.07, 6.45) is 5.93. The maximum Gasteiger partial charge on any atom is 0.310 e. The molecule has 0 saturated heterocycles. The average Bonchev–Trinajstić information content (AvgIpc) is 2.69. The lowest BCUT2D eigenvalue weighted by Gasteiger charge is -2.22. The lowest BCUT2D eigenvalue weighted by Crippen LogP contribution is -2.30. The van der Waals surface area contributed by atoms with Crippen molar-refractivity contribution in [2.75, 3.05) is 0 Å². The van der Waals surface area contributed by atoms with Gasteiger partial charge in [-0.25, -0.2) is 0 Å². The molecule has 1 fully saturated rings. The Hall–Kier alpha value is -1.38. The summed E-state index contributed by atoms with van der Waals surface area (Å²) in [5.74, 6) is -0.661. The van der Waals surface area contributed by atoms with Crippen molar-refractivity contribution in [3.05, 3.63) is 30.1 Å². The van der Waals surface area contributed by atoms with E-state index in [4.69, 9.17) is 0 Å². The van der Waals surface area contributed by atoms with E-state index >= 15 is 0 Å². The highest BCUT2D eigenvalue weighted by Gasteiger charge is 2.41. The SMILES string of the molecule is O=C(O)C1(Cc2ccccn2)CCCC1. The Bertz CT molecular complexity index is 342. The number of aromatic nitrogens is 1. The minimum absolute atomic E-state index is 0.547. The van der Waals surface area contributed by atoms with E-state index in [0.29, 0.717) is 6.42 Å². The highest BCUT2D eigenvalue weighted by Crippen LogP contribution is 2.40. The molecule has 0 bridgehead atoms. The fraction of sp³-hybridized carbons (Fsp3) is 0.500. The van der Waals surface area contributed by atoms with Crippen molar-refractivity contribution in [3.63, 3.8) is 0 Å². The molecule has 0 unspecified atom stereocenters. The van der Waals surface area contributed by atoms with Crippen LogP contribution in [0.15, 0.2) is 24.4 Å². The van der Waals surface area contributed by atoms with Gasteiger partial charge in [-0.1, -0.05) is 18.9 Å². The summed E-state index contributed by atoms with van der Waals surface area (Å²) in [7, 11) is 0. The zero-order valence-corrected chi connectivity index (χ0v) is 8.65. The number of carboxylic acids is 1. The summed E-state index contributed by atoms with van der Waals surface area (Å²) in [6.45, 7) is 0. The third-order valence-electron chi connectivity index (χ3n) is 3.26. The highest BCUT2D eigenvalue weighted by atomic mass is 16.4. The molecular formula is C12H15NO2. The molecule has 1 N–H and O–H groups in total. The third kappa shape index (κ3) is 2.01. The normalized spacial score (nSPS) is 18.9. The first-order valence-corrected chi connectivity index (χ1v) is 5.36. The first-order chi connectivity index (χ1) is 7.23. The van der Waals surface area contributed by atoms with Crippen LogP contribution >= 0.6 is 0 Å². The molecule has 1 aliphatic rings. The van der Waals surface area contributed by atoms with Gasteiger partial charge in [0.05, 0.1) is 5.41 Å². The van der Waals surface area contributed by atoms with Crippen LogP contribution in [0.2, 0.25) is 0 Å². The number of carbonyl (C=O) groups is 1. The van der Waals surface area contributed by atoms with E-state index in [2.05, 4.69) is 4.98 Å². The molecule has 80 valence electrons. The summed E-state index contributed by atoms with van der Waals surface area (Å²) in [5, 5.41) is 9.30. The van der Waals surface area contributed by atoms with E-state index in [1.165, 1.54) is 0 Å². The molecule has 0 radical (unpaired) electrons. The van der Waals surface area contributed by atoms with Crippen LogP contribution in [0.4, 0.5) is 0 Å². The van der Waals surface area contributed by atoms with Gasteiger partial charge < -0.3 is 5.11 Å². The molecule has 3 nitrogen and oxygen atoms in total. The minimum Gasteiger partial charge on any atom is -0.481 e. The lowest BCUT2D eigenvalue weighted by molar-refractivity contribution is -0.148. The van der Waals surface area contributed by atoms with Gasteiger partial charge in [0, 0.05) is 18.3 Å². The number of hydrogen-bond donors (Lipinski definition) is 1. The molecule has 1 saturated carbocycles. The van der Waals surface area contributed by atoms with E-state index in [1.54, 1.807) is 6.20 Å². The van der Waals surface area contributed by atoms with Crippen LogP contribution < -0.4 is 0 Å². The molecule has 3 heteroatoms. The maximum absolute atomic E-state index is 11.3. The summed E-state index contributed by atoms with van der Waals surface area (Å²) in [6, 6.07) is 5.67. The largest absolute Gasteiger partial charge is 0.481 e. The van der Waals surface area contributed by atoms with E-state index in [1.807, 2.05) is 18.2 Å². The molecule has 0 amide bonds. The molecule has 0 spiro atoms. The molecule has 1 aromatic rings. The molecule has 0 atom stereocenters. The van der Waals surface area contributed by atoms with E-state index in [9.17, 15) is 9.90 Å². The predicted octanol–water partition coefficient (Wildman–Crippen LogP) is 2.27. The molecule has 2 rings (SSSR count). The molecule has 1 aliphatic carbocycles. The molecule has 1 heterocycles. The number of hydrogen-bond acceptors (Lipinski definition) is 2. The highest BCUT2D eigenvalue weighted by molar-refractivity contribution is 5.75. The van der Waals surface area contributed by atoms with Crippen molar-refractivity contribution in [3.8, 4) is 0 Å². The molecule has 1 aromatic heterocycles. The lowest BCUT2D eigenvalue weighted by atomic mass is 9.81. The summed E-state index contributed by atoms with van der Waals surface area (Å²) in [4.78, 5) is 15.5. The molecule has 0 aromatic carbocycles. The van der Waals surface area contributed by atoms with Crippen LogP contribution in [0.5, 0.6) is 0 Å². The van der Waals surface area contributed by atoms with Gasteiger partial charge in [-0.05, 0) is 25.0 Å². The van der Waals surface area contributed by atoms with Crippen molar-refractivity contribution in [1.82, 2.24) is 4.98 Å². The third-order valence-corrected chi connectivity index (χ3v) is 3.26. The Morgan fingerprint density at radius 1 is 1.40 bits per heavy atom. The zero-order valence-electron chi connectivity index (χ0n) is 8.65. The van der Waals surface area contributed by atoms with Gasteiger partial charge in [-0.3, -0.25) is 9.78 Å². The fourth-order valence-corrected chi connectivity index (χ4v) is 2.37. The second-order valence-electron chi connectivity index (χ2n) is 4.29. The summed E-state index contributed by atoms with van der Waals surface area (Å²) >= 11 is 0. The van der Waals surface area contributed by atoms with Gasteiger partial charge in [0.1, 0.15) is 0 Å². The van der Waals surface area contributed by atoms with Gasteiger partial charge in [0.2, 0.25) is 0 Å². The Morgan fingerprint density at radius 2 is 2.13 bits per heavy atom. The Morgan fingerprint density at radius 3 is 2.67 bits per heavy atom. The standard InChI is InChI=1S/C12H15NO2/c14-11(15)12(6-2-3-7-12)9-10-5-1-4-8-13-10/h1,4-5,8H,2-3,6-7,9H2,(H,14,15). The quantitative estimate of drug-likeness (QED) is 0.823. The smallest absolute Gasteiger partial charge is 0.310 e. The van der Waals surface area contributed by atoms with Gasteiger partial charge in [0.15, 0.2) is 0 Å². The van der Waals surface area contributed by atoms with Crippen LogP contribution in [-0.4, -0.2) is 16.1 Å². The number of rotatable bonds is 3. The van der Waals surface area contributed by atoms with Gasteiger partial charge >= 0.3 is 5.97 Å². The first kappa shape index (κ1) is 10.1. The Balaban J connectivity index is 2.18. The summed E-state index contributed by atoms with van der Waals surface area (Å²) in [5.41, 5.74) is 0.343. The van der Waals surface area contributed by atoms with Crippen LogP contribution in [0, 0.1) is 5.41 Å². The van der Waals surface area contributed by atoms with Crippen molar-refractivity contribution >= 4 is 5.97 Å². The maximum atomic E-state index is 11.3. The Kier molecular flexibility index (Phi) is 2.71. The van der Waals surface area contributed by atoms with Crippen molar-refractivity contribution < 1.29 is 9.90 Å². The van der Waals surface area contributed by atoms with E-state index in [0.717, 1.165) is 31.4 Å². The predicted molar refractivity (Wildman–Crippen MR) is 56.5 cm³/mol. The van der Waals surface area contributed by atoms with Gasteiger partial charge in [0.25, 0.3) is 0 Å². The van der Waals surface area contributed by atoms with Crippen LogP contribution in [0.3, 0.4) is 0 Å². The van der Waals surface area contributed by atoms with Crippen LogP contribution in [-0.2, 0) is 11.2 Å². The van der Waals surface area contributed by atoms with Gasteiger partial charge in [-0.15, -0.1) is 0 Å². The number of aliphatic carboxylic acids is 1. The van der Waals surface area contributed by atoms with Gasteiger partial charge in [-0.2, -0.15) is 0 Å². The van der Waals surface area contributed by atoms with Crippen molar-refractivity contribution in [2.45, 2.75) is 32.1 Å².